The van der Waals surface area contributed by atoms with Gasteiger partial charge in [0, 0.05) is 0 Å². The number of carbonyl (C=O) groups is 1. The number of oxime groups is 1. The van der Waals surface area contributed by atoms with E-state index in [0.29, 0.717) is 0 Å². The van der Waals surface area contributed by atoms with Crippen molar-refractivity contribution in [1.29, 1.82) is 0 Å². The van der Waals surface area contributed by atoms with E-state index in [4.69, 9.17) is 21.5 Å². The number of benzene rings is 1. The number of amides is 1. The second-order valence-corrected chi connectivity index (χ2v) is 4.74. The lowest BCUT2D eigenvalue weighted by Gasteiger charge is -2.19. The SMILES string of the molecule is CC(C)[C@H](NC(=O)OCc1ccccc1)/C(Cl)=N/O. The van der Waals surface area contributed by atoms with Crippen molar-refractivity contribution >= 4 is 22.9 Å². The summed E-state index contributed by atoms with van der Waals surface area (Å²) in [5, 5.41) is 14.0. The predicted octanol–water partition coefficient (Wildman–Crippen LogP) is 2.96. The second-order valence-electron chi connectivity index (χ2n) is 4.35. The first kappa shape index (κ1) is 15.3. The lowest BCUT2D eigenvalue weighted by molar-refractivity contribution is 0.136. The third kappa shape index (κ3) is 5.18. The summed E-state index contributed by atoms with van der Waals surface area (Å²) >= 11 is 5.72. The van der Waals surface area contributed by atoms with Crippen LogP contribution in [-0.2, 0) is 11.3 Å². The summed E-state index contributed by atoms with van der Waals surface area (Å²) in [5.74, 6) is -0.0207. The highest BCUT2D eigenvalue weighted by molar-refractivity contribution is 6.66. The molecule has 0 aliphatic rings. The van der Waals surface area contributed by atoms with E-state index < -0.39 is 12.1 Å². The molecule has 0 saturated heterocycles. The zero-order valence-corrected chi connectivity index (χ0v) is 11.6. The molecular weight excluding hydrogens is 268 g/mol. The minimum absolute atomic E-state index is 0.0207. The molecule has 1 aromatic rings. The molecular formula is C13H17ClN2O3. The van der Waals surface area contributed by atoms with Gasteiger partial charge in [0.2, 0.25) is 0 Å². The molecule has 0 radical (unpaired) electrons. The van der Waals surface area contributed by atoms with Crippen LogP contribution in [0.5, 0.6) is 0 Å². The molecule has 0 bridgehead atoms. The van der Waals surface area contributed by atoms with Gasteiger partial charge in [0.25, 0.3) is 0 Å². The maximum absolute atomic E-state index is 11.6. The summed E-state index contributed by atoms with van der Waals surface area (Å²) in [6.45, 7) is 3.86. The number of carbonyl (C=O) groups excluding carboxylic acids is 1. The van der Waals surface area contributed by atoms with Gasteiger partial charge in [-0.1, -0.05) is 60.9 Å². The Morgan fingerprint density at radius 3 is 2.58 bits per heavy atom. The van der Waals surface area contributed by atoms with Gasteiger partial charge in [-0.3, -0.25) is 0 Å². The van der Waals surface area contributed by atoms with Crippen LogP contribution in [0, 0.1) is 5.92 Å². The highest BCUT2D eigenvalue weighted by Crippen LogP contribution is 2.08. The van der Waals surface area contributed by atoms with Crippen LogP contribution >= 0.6 is 11.6 Å². The van der Waals surface area contributed by atoms with Gasteiger partial charge in [-0.15, -0.1) is 0 Å². The van der Waals surface area contributed by atoms with Crippen molar-refractivity contribution in [3.05, 3.63) is 35.9 Å². The van der Waals surface area contributed by atoms with Gasteiger partial charge in [0.1, 0.15) is 6.61 Å². The van der Waals surface area contributed by atoms with Crippen LogP contribution in [0.15, 0.2) is 35.5 Å². The van der Waals surface area contributed by atoms with Crippen LogP contribution in [0.1, 0.15) is 19.4 Å². The monoisotopic (exact) mass is 284 g/mol. The number of rotatable bonds is 5. The fourth-order valence-electron chi connectivity index (χ4n) is 1.46. The first-order valence-electron chi connectivity index (χ1n) is 5.89. The molecule has 0 aromatic heterocycles. The van der Waals surface area contributed by atoms with Gasteiger partial charge < -0.3 is 15.3 Å². The molecule has 19 heavy (non-hydrogen) atoms. The Morgan fingerprint density at radius 2 is 2.05 bits per heavy atom. The molecule has 0 spiro atoms. The third-order valence-corrected chi connectivity index (χ3v) is 2.82. The van der Waals surface area contributed by atoms with Crippen LogP contribution in [0.4, 0.5) is 4.79 Å². The van der Waals surface area contributed by atoms with Gasteiger partial charge in [0.15, 0.2) is 5.17 Å². The Labute approximate surface area is 117 Å². The van der Waals surface area contributed by atoms with E-state index in [0.717, 1.165) is 5.56 Å². The quantitative estimate of drug-likeness (QED) is 0.496. The number of hydrogen-bond donors (Lipinski definition) is 2. The molecule has 1 atom stereocenters. The number of nitrogens with zero attached hydrogens (tertiary/aromatic N) is 1. The average Bonchev–Trinajstić information content (AvgIpc) is 2.42. The fourth-order valence-corrected chi connectivity index (χ4v) is 1.76. The van der Waals surface area contributed by atoms with Crippen molar-refractivity contribution in [2.75, 3.05) is 0 Å². The van der Waals surface area contributed by atoms with E-state index >= 15 is 0 Å². The minimum Gasteiger partial charge on any atom is -0.445 e. The highest BCUT2D eigenvalue weighted by Gasteiger charge is 2.22. The van der Waals surface area contributed by atoms with E-state index in [1.807, 2.05) is 44.2 Å². The smallest absolute Gasteiger partial charge is 0.408 e. The van der Waals surface area contributed by atoms with Crippen molar-refractivity contribution in [3.8, 4) is 0 Å². The number of halogens is 1. The van der Waals surface area contributed by atoms with E-state index in [9.17, 15) is 4.79 Å². The molecule has 0 saturated carbocycles. The molecule has 1 amide bonds. The molecule has 0 unspecified atom stereocenters. The van der Waals surface area contributed by atoms with Crippen LogP contribution in [0.2, 0.25) is 0 Å². The van der Waals surface area contributed by atoms with Gasteiger partial charge in [0.05, 0.1) is 6.04 Å². The number of ether oxygens (including phenoxy) is 1. The summed E-state index contributed by atoms with van der Waals surface area (Å²) in [5.41, 5.74) is 0.890. The van der Waals surface area contributed by atoms with Gasteiger partial charge in [-0.05, 0) is 11.5 Å². The summed E-state index contributed by atoms with van der Waals surface area (Å²) in [6, 6.07) is 8.75. The molecule has 6 heteroatoms. The van der Waals surface area contributed by atoms with E-state index in [1.165, 1.54) is 0 Å². The van der Waals surface area contributed by atoms with Gasteiger partial charge >= 0.3 is 6.09 Å². The van der Waals surface area contributed by atoms with Crippen LogP contribution in [0.3, 0.4) is 0 Å². The van der Waals surface area contributed by atoms with Crippen LogP contribution < -0.4 is 5.32 Å². The predicted molar refractivity (Wildman–Crippen MR) is 73.5 cm³/mol. The van der Waals surface area contributed by atoms with Gasteiger partial charge in [-0.2, -0.15) is 0 Å². The van der Waals surface area contributed by atoms with Crippen LogP contribution in [0.25, 0.3) is 0 Å². The fraction of sp³-hybridized carbons (Fsp3) is 0.385. The average molecular weight is 285 g/mol. The van der Waals surface area contributed by atoms with E-state index in [-0.39, 0.29) is 17.7 Å². The molecule has 0 heterocycles. The first-order chi connectivity index (χ1) is 9.04. The molecule has 0 aliphatic carbocycles. The molecule has 104 valence electrons. The first-order valence-corrected chi connectivity index (χ1v) is 6.27. The Balaban J connectivity index is 2.50. The maximum Gasteiger partial charge on any atom is 0.408 e. The molecule has 0 aliphatic heterocycles. The molecule has 0 fully saturated rings. The topological polar surface area (TPSA) is 70.9 Å². The largest absolute Gasteiger partial charge is 0.445 e. The van der Waals surface area contributed by atoms with Crippen molar-refractivity contribution in [3.63, 3.8) is 0 Å². The van der Waals surface area contributed by atoms with Crippen molar-refractivity contribution in [2.45, 2.75) is 26.5 Å². The Hall–Kier alpha value is -1.75. The lowest BCUT2D eigenvalue weighted by atomic mass is 10.1. The zero-order valence-electron chi connectivity index (χ0n) is 10.8. The zero-order chi connectivity index (χ0) is 14.3. The third-order valence-electron chi connectivity index (χ3n) is 2.50. The molecule has 1 rings (SSSR count). The summed E-state index contributed by atoms with van der Waals surface area (Å²) < 4.78 is 5.06. The summed E-state index contributed by atoms with van der Waals surface area (Å²) in [7, 11) is 0. The Kier molecular flexibility index (Phi) is 6.15. The molecule has 1 aromatic carbocycles. The molecule has 5 nitrogen and oxygen atoms in total. The number of hydrogen-bond acceptors (Lipinski definition) is 4. The highest BCUT2D eigenvalue weighted by atomic mass is 35.5. The van der Waals surface area contributed by atoms with Crippen molar-refractivity contribution < 1.29 is 14.7 Å². The normalized spacial score (nSPS) is 13.2. The second kappa shape index (κ2) is 7.63. The van der Waals surface area contributed by atoms with Gasteiger partial charge in [-0.25, -0.2) is 4.79 Å². The summed E-state index contributed by atoms with van der Waals surface area (Å²) in [4.78, 5) is 11.6. The standard InChI is InChI=1S/C13H17ClN2O3/c1-9(2)11(12(14)16-18)15-13(17)19-8-10-6-4-3-5-7-10/h3-7,9,11,18H,8H2,1-2H3,(H,15,17)/b16-12-/t11-/m0/s1. The number of alkyl carbamates (subject to hydrolysis) is 1. The summed E-state index contributed by atoms with van der Waals surface area (Å²) in [6.07, 6.45) is -0.607. The minimum atomic E-state index is -0.607. The lowest BCUT2D eigenvalue weighted by Crippen LogP contribution is -2.42. The van der Waals surface area contributed by atoms with E-state index in [1.54, 1.807) is 0 Å². The van der Waals surface area contributed by atoms with Crippen LogP contribution in [-0.4, -0.2) is 22.5 Å². The number of nitrogens with one attached hydrogen (secondary N) is 1. The van der Waals surface area contributed by atoms with Crippen molar-refractivity contribution in [2.24, 2.45) is 11.1 Å². The van der Waals surface area contributed by atoms with Crippen molar-refractivity contribution in [1.82, 2.24) is 5.32 Å². The molecule has 2 N–H and O–H groups in total. The van der Waals surface area contributed by atoms with E-state index in [2.05, 4.69) is 10.5 Å². The Bertz CT molecular complexity index is 435. The maximum atomic E-state index is 11.6. The Morgan fingerprint density at radius 1 is 1.42 bits per heavy atom.